The molecule has 0 fully saturated rings. The Morgan fingerprint density at radius 2 is 1.30 bits per heavy atom. The molecule has 2 aliphatic carbocycles. The van der Waals surface area contributed by atoms with Crippen LogP contribution in [0.3, 0.4) is 0 Å². The van der Waals surface area contributed by atoms with E-state index >= 15 is 0 Å². The van der Waals surface area contributed by atoms with Crippen LogP contribution in [0.4, 0.5) is 5.69 Å². The van der Waals surface area contributed by atoms with E-state index < -0.39 is 0 Å². The third-order valence-corrected chi connectivity index (χ3v) is 9.66. The van der Waals surface area contributed by atoms with Gasteiger partial charge in [-0.15, -0.1) is 0 Å². The first-order valence-corrected chi connectivity index (χ1v) is 18.0. The fourth-order valence-corrected chi connectivity index (χ4v) is 7.31. The van der Waals surface area contributed by atoms with Gasteiger partial charge in [0.25, 0.3) is 0 Å². The molecule has 1 spiro atoms. The van der Waals surface area contributed by atoms with Crippen LogP contribution < -0.4 is 11.5 Å². The summed E-state index contributed by atoms with van der Waals surface area (Å²) in [5, 5.41) is 2.60. The van der Waals surface area contributed by atoms with Crippen LogP contribution in [0.15, 0.2) is 225 Å². The van der Waals surface area contributed by atoms with Crippen molar-refractivity contribution in [1.82, 2.24) is 0 Å². The Bertz CT molecular complexity index is 2320. The lowest BCUT2D eigenvalue weighted by Crippen LogP contribution is -2.27. The molecule has 6 aromatic rings. The van der Waals surface area contributed by atoms with E-state index in [1.54, 1.807) is 0 Å². The van der Waals surface area contributed by atoms with Gasteiger partial charge in [0.05, 0.1) is 0 Å². The van der Waals surface area contributed by atoms with Crippen LogP contribution in [0.1, 0.15) is 28.7 Å². The molecule has 0 bridgehead atoms. The van der Waals surface area contributed by atoms with E-state index in [1.165, 1.54) is 67.1 Å². The minimum atomic E-state index is -0.290. The van der Waals surface area contributed by atoms with Gasteiger partial charge in [0, 0.05) is 11.1 Å². The summed E-state index contributed by atoms with van der Waals surface area (Å²) >= 11 is 0. The first-order valence-electron chi connectivity index (χ1n) is 18.0. The van der Waals surface area contributed by atoms with Gasteiger partial charge in [-0.25, -0.2) is 0 Å². The second kappa shape index (κ2) is 17.5. The van der Waals surface area contributed by atoms with Gasteiger partial charge in [-0.3, -0.25) is 0 Å². The molecule has 8 rings (SSSR count). The predicted octanol–water partition coefficient (Wildman–Crippen LogP) is 12.5. The second-order valence-electron chi connectivity index (χ2n) is 13.0. The minimum Gasteiger partial charge on any atom is -0.405 e. The normalized spacial score (nSPS) is 17.5. The second-order valence-corrected chi connectivity index (χ2v) is 13.0. The number of rotatable bonds is 6. The summed E-state index contributed by atoms with van der Waals surface area (Å²) < 4.78 is 0. The van der Waals surface area contributed by atoms with E-state index in [0.29, 0.717) is 0 Å². The SMILES string of the molecule is C=CN.C=C\C=C/C=C\C1=C\C=C/C=C\CC12c1cc(Cc3ccc(-c4ccccc4)cc3)ccc1-c1c2ccc2ccccc12.Nc1ccccc1. The molecule has 2 aliphatic rings. The summed E-state index contributed by atoms with van der Waals surface area (Å²) in [5.74, 6) is 0. The zero-order chi connectivity index (χ0) is 36.9. The van der Waals surface area contributed by atoms with E-state index in [1.807, 2.05) is 42.5 Å². The van der Waals surface area contributed by atoms with E-state index in [9.17, 15) is 0 Å². The van der Waals surface area contributed by atoms with Gasteiger partial charge < -0.3 is 11.5 Å². The van der Waals surface area contributed by atoms with E-state index in [2.05, 4.69) is 177 Å². The van der Waals surface area contributed by atoms with Gasteiger partial charge in [-0.1, -0.05) is 201 Å². The summed E-state index contributed by atoms with van der Waals surface area (Å²) in [4.78, 5) is 0. The highest BCUT2D eigenvalue weighted by atomic mass is 14.5. The number of hydrogen-bond acceptors (Lipinski definition) is 2. The van der Waals surface area contributed by atoms with Gasteiger partial charge in [-0.2, -0.15) is 0 Å². The largest absolute Gasteiger partial charge is 0.405 e. The van der Waals surface area contributed by atoms with Crippen molar-refractivity contribution in [2.24, 2.45) is 5.73 Å². The lowest BCUT2D eigenvalue weighted by molar-refractivity contribution is 0.642. The number of allylic oxidation sites excluding steroid dienone is 11. The van der Waals surface area contributed by atoms with Crippen LogP contribution in [0.2, 0.25) is 0 Å². The van der Waals surface area contributed by atoms with Crippen LogP contribution >= 0.6 is 0 Å². The maximum atomic E-state index is 5.36. The highest BCUT2D eigenvalue weighted by molar-refractivity contribution is 6.03. The highest BCUT2D eigenvalue weighted by Gasteiger charge is 2.45. The number of hydrogen-bond donors (Lipinski definition) is 2. The average molecular weight is 687 g/mol. The Morgan fingerprint density at radius 1 is 0.623 bits per heavy atom. The predicted molar refractivity (Wildman–Crippen MR) is 230 cm³/mol. The molecular weight excluding hydrogens is 641 g/mol. The lowest BCUT2D eigenvalue weighted by atomic mass is 9.68. The summed E-state index contributed by atoms with van der Waals surface area (Å²) in [6.07, 6.45) is 24.4. The molecule has 1 unspecified atom stereocenters. The Kier molecular flexibility index (Phi) is 12.0. The summed E-state index contributed by atoms with van der Waals surface area (Å²) in [5.41, 5.74) is 22.4. The molecule has 0 saturated heterocycles. The van der Waals surface area contributed by atoms with Crippen molar-refractivity contribution in [3.63, 3.8) is 0 Å². The van der Waals surface area contributed by atoms with Crippen LogP contribution in [-0.2, 0) is 11.8 Å². The van der Waals surface area contributed by atoms with Crippen molar-refractivity contribution in [2.75, 3.05) is 5.73 Å². The molecule has 0 radical (unpaired) electrons. The van der Waals surface area contributed by atoms with Crippen molar-refractivity contribution in [3.8, 4) is 22.3 Å². The quantitative estimate of drug-likeness (QED) is 0.135. The fraction of sp³-hybridized carbons (Fsp3) is 0.0588. The zero-order valence-corrected chi connectivity index (χ0v) is 30.1. The number of nitrogen functional groups attached to an aromatic ring is 1. The van der Waals surface area contributed by atoms with Gasteiger partial charge in [0.2, 0.25) is 0 Å². The molecule has 0 aliphatic heterocycles. The van der Waals surface area contributed by atoms with Crippen molar-refractivity contribution in [2.45, 2.75) is 18.3 Å². The first-order chi connectivity index (χ1) is 26.1. The molecule has 2 heteroatoms. The molecule has 2 nitrogen and oxygen atoms in total. The molecule has 260 valence electrons. The molecule has 4 N–H and O–H groups in total. The summed E-state index contributed by atoms with van der Waals surface area (Å²) in [7, 11) is 0. The monoisotopic (exact) mass is 686 g/mol. The van der Waals surface area contributed by atoms with Gasteiger partial charge >= 0.3 is 0 Å². The number of fused-ring (bicyclic) bond motifs is 7. The Hall–Kier alpha value is -6.64. The van der Waals surface area contributed by atoms with Gasteiger partial charge in [0.1, 0.15) is 0 Å². The van der Waals surface area contributed by atoms with Crippen LogP contribution in [0.25, 0.3) is 33.0 Å². The molecule has 6 aromatic carbocycles. The Morgan fingerprint density at radius 3 is 2.02 bits per heavy atom. The number of nitrogens with two attached hydrogens (primary N) is 2. The fourth-order valence-electron chi connectivity index (χ4n) is 7.31. The summed E-state index contributed by atoms with van der Waals surface area (Å²) in [6, 6.07) is 49.8. The lowest BCUT2D eigenvalue weighted by Gasteiger charge is -2.34. The van der Waals surface area contributed by atoms with Crippen molar-refractivity contribution in [3.05, 3.63) is 247 Å². The standard InChI is InChI=1S/C43H34.C6H7N.C2H5N/c1-2-3-4-10-18-37-19-11-5-6-14-29-43(37)40-28-26-36-17-12-13-20-38(36)42(40)39-27-23-33(31-41(39)43)30-32-21-24-35(25-22-32)34-15-8-7-9-16-34;7-6-4-2-1-3-5-6;1-2-3/h2-28,31H,1,29-30H2;1-5H,7H2;2H,1,3H2/b4-3-,11-5-,14-6-,18-10-,37-19-;;. The van der Waals surface area contributed by atoms with Crippen LogP contribution in [0.5, 0.6) is 0 Å². The molecular formula is C51H46N2. The first kappa shape index (κ1) is 36.2. The minimum absolute atomic E-state index is 0.290. The van der Waals surface area contributed by atoms with E-state index in [0.717, 1.165) is 18.5 Å². The number of benzene rings is 6. The third kappa shape index (κ3) is 8.14. The Labute approximate surface area is 314 Å². The molecule has 53 heavy (non-hydrogen) atoms. The van der Waals surface area contributed by atoms with Gasteiger partial charge in [-0.05, 0) is 92.0 Å². The molecule has 0 amide bonds. The van der Waals surface area contributed by atoms with Crippen LogP contribution in [-0.4, -0.2) is 0 Å². The van der Waals surface area contributed by atoms with E-state index in [-0.39, 0.29) is 5.41 Å². The Balaban J connectivity index is 0.000000422. The summed E-state index contributed by atoms with van der Waals surface area (Å²) in [6.45, 7) is 6.98. The molecule has 0 aromatic heterocycles. The molecule has 1 atom stereocenters. The van der Waals surface area contributed by atoms with Crippen molar-refractivity contribution in [1.29, 1.82) is 0 Å². The van der Waals surface area contributed by atoms with Crippen molar-refractivity contribution < 1.29 is 0 Å². The van der Waals surface area contributed by atoms with Crippen molar-refractivity contribution >= 4 is 16.5 Å². The average Bonchev–Trinajstić information content (AvgIpc) is 3.47. The smallest absolute Gasteiger partial charge is 0.0498 e. The maximum absolute atomic E-state index is 5.36. The maximum Gasteiger partial charge on any atom is 0.0498 e. The third-order valence-electron chi connectivity index (χ3n) is 9.66. The topological polar surface area (TPSA) is 52.0 Å². The van der Waals surface area contributed by atoms with E-state index in [4.69, 9.17) is 5.73 Å². The molecule has 0 heterocycles. The molecule has 0 saturated carbocycles. The zero-order valence-electron chi connectivity index (χ0n) is 30.1. The van der Waals surface area contributed by atoms with Crippen LogP contribution in [0, 0.1) is 0 Å². The van der Waals surface area contributed by atoms with Gasteiger partial charge in [0.15, 0.2) is 0 Å². The highest BCUT2D eigenvalue weighted by Crippen LogP contribution is 2.57. The number of para-hydroxylation sites is 1. The number of anilines is 1.